The SMILES string of the molecule is COC(O)=C=C(C(C)(C)C)C(C)(C)C. The number of rotatable bonds is 1. The van der Waals surface area contributed by atoms with Crippen LogP contribution in [0.25, 0.3) is 0 Å². The number of aliphatic hydroxyl groups is 1. The molecule has 0 aliphatic rings. The van der Waals surface area contributed by atoms with E-state index in [2.05, 4.69) is 47.3 Å². The van der Waals surface area contributed by atoms with E-state index in [0.717, 1.165) is 5.57 Å². The van der Waals surface area contributed by atoms with Crippen LogP contribution >= 0.6 is 0 Å². The van der Waals surface area contributed by atoms with Gasteiger partial charge < -0.3 is 9.84 Å². The van der Waals surface area contributed by atoms with Crippen molar-refractivity contribution in [2.24, 2.45) is 10.8 Å². The molecule has 0 saturated carbocycles. The number of methoxy groups -OCH3 is 1. The topological polar surface area (TPSA) is 29.5 Å². The Morgan fingerprint density at radius 1 is 1.00 bits per heavy atom. The lowest BCUT2D eigenvalue weighted by Crippen LogP contribution is -2.21. The Morgan fingerprint density at radius 3 is 1.57 bits per heavy atom. The van der Waals surface area contributed by atoms with E-state index >= 15 is 0 Å². The zero-order valence-corrected chi connectivity index (χ0v) is 10.4. The lowest BCUT2D eigenvalue weighted by molar-refractivity contribution is 0.136. The fourth-order valence-corrected chi connectivity index (χ4v) is 1.66. The summed E-state index contributed by atoms with van der Waals surface area (Å²) in [5, 5.41) is 9.32. The van der Waals surface area contributed by atoms with Crippen molar-refractivity contribution in [3.8, 4) is 0 Å². The van der Waals surface area contributed by atoms with Crippen molar-refractivity contribution in [3.05, 3.63) is 17.2 Å². The second-order valence-corrected chi connectivity index (χ2v) is 5.51. The van der Waals surface area contributed by atoms with Crippen molar-refractivity contribution >= 4 is 0 Å². The van der Waals surface area contributed by atoms with Gasteiger partial charge in [-0.25, -0.2) is 0 Å². The Hall–Kier alpha value is -0.880. The van der Waals surface area contributed by atoms with Gasteiger partial charge >= 0.3 is 5.95 Å². The van der Waals surface area contributed by atoms with E-state index in [1.54, 1.807) is 0 Å². The molecule has 82 valence electrons. The zero-order valence-electron chi connectivity index (χ0n) is 10.4. The molecule has 2 nitrogen and oxygen atoms in total. The predicted octanol–water partition coefficient (Wildman–Crippen LogP) is 3.65. The van der Waals surface area contributed by atoms with Crippen LogP contribution in [-0.4, -0.2) is 12.2 Å². The maximum absolute atomic E-state index is 9.32. The standard InChI is InChI=1S/C12H22O2/c1-11(2,3)9(12(4,5)6)8-10(13)14-7/h13H,1-7H3. The van der Waals surface area contributed by atoms with Crippen LogP contribution in [0.1, 0.15) is 41.5 Å². The van der Waals surface area contributed by atoms with Crippen molar-refractivity contribution < 1.29 is 9.84 Å². The van der Waals surface area contributed by atoms with Crippen LogP contribution in [0.15, 0.2) is 17.2 Å². The molecular formula is C12H22O2. The van der Waals surface area contributed by atoms with Crippen molar-refractivity contribution in [2.75, 3.05) is 7.11 Å². The Bertz CT molecular complexity index is 239. The minimum absolute atomic E-state index is 0.0231. The molecule has 0 bridgehead atoms. The molecule has 1 N–H and O–H groups in total. The first-order valence-electron chi connectivity index (χ1n) is 4.84. The minimum Gasteiger partial charge on any atom is -0.475 e. The molecular weight excluding hydrogens is 176 g/mol. The number of hydrogen-bond donors (Lipinski definition) is 1. The monoisotopic (exact) mass is 198 g/mol. The summed E-state index contributed by atoms with van der Waals surface area (Å²) in [6.07, 6.45) is 0. The van der Waals surface area contributed by atoms with Crippen molar-refractivity contribution in [1.82, 2.24) is 0 Å². The van der Waals surface area contributed by atoms with Gasteiger partial charge in [0.25, 0.3) is 0 Å². The van der Waals surface area contributed by atoms with E-state index in [9.17, 15) is 5.11 Å². The fraction of sp³-hybridized carbons (Fsp3) is 0.750. The third kappa shape index (κ3) is 3.89. The quantitative estimate of drug-likeness (QED) is 0.515. The summed E-state index contributed by atoms with van der Waals surface area (Å²) in [6, 6.07) is 0. The first-order valence-corrected chi connectivity index (χ1v) is 4.84. The number of aliphatic hydroxyl groups excluding tert-OH is 1. The molecule has 0 fully saturated rings. The molecule has 0 unspecified atom stereocenters. The summed E-state index contributed by atoms with van der Waals surface area (Å²) in [4.78, 5) is 0. The van der Waals surface area contributed by atoms with Gasteiger partial charge in [0.15, 0.2) is 0 Å². The van der Waals surface area contributed by atoms with Gasteiger partial charge in [0.2, 0.25) is 0 Å². The van der Waals surface area contributed by atoms with Gasteiger partial charge in [-0.05, 0) is 22.1 Å². The lowest BCUT2D eigenvalue weighted by Gasteiger charge is -2.31. The van der Waals surface area contributed by atoms with Gasteiger partial charge in [0, 0.05) is 0 Å². The van der Waals surface area contributed by atoms with Crippen molar-refractivity contribution in [2.45, 2.75) is 41.5 Å². The average Bonchev–Trinajstić information content (AvgIpc) is 1.95. The highest BCUT2D eigenvalue weighted by atomic mass is 16.6. The Labute approximate surface area is 87.3 Å². The van der Waals surface area contributed by atoms with E-state index in [-0.39, 0.29) is 16.8 Å². The first kappa shape index (κ1) is 13.1. The number of hydrogen-bond acceptors (Lipinski definition) is 2. The molecule has 0 aromatic rings. The molecule has 0 radical (unpaired) electrons. The molecule has 0 rings (SSSR count). The van der Waals surface area contributed by atoms with Crippen LogP contribution < -0.4 is 0 Å². The summed E-state index contributed by atoms with van der Waals surface area (Å²) in [5.41, 5.74) is 3.91. The van der Waals surface area contributed by atoms with Crippen LogP contribution in [-0.2, 0) is 4.74 Å². The van der Waals surface area contributed by atoms with Gasteiger partial charge in [-0.1, -0.05) is 41.5 Å². The molecule has 2 heteroatoms. The summed E-state index contributed by atoms with van der Waals surface area (Å²) >= 11 is 0. The zero-order chi connectivity index (χ0) is 11.6. The van der Waals surface area contributed by atoms with Gasteiger partial charge in [0.1, 0.15) is 0 Å². The number of allylic oxidation sites excluding steroid dienone is 1. The lowest BCUT2D eigenvalue weighted by atomic mass is 9.72. The smallest absolute Gasteiger partial charge is 0.324 e. The number of ether oxygens (including phenoxy) is 1. The minimum atomic E-state index is -0.148. The molecule has 0 spiro atoms. The van der Waals surface area contributed by atoms with Gasteiger partial charge in [-0.2, -0.15) is 0 Å². The van der Waals surface area contributed by atoms with Crippen LogP contribution in [0.4, 0.5) is 0 Å². The normalized spacial score (nSPS) is 11.9. The second-order valence-electron chi connectivity index (χ2n) is 5.51. The fourth-order valence-electron chi connectivity index (χ4n) is 1.66. The molecule has 14 heavy (non-hydrogen) atoms. The Morgan fingerprint density at radius 2 is 1.36 bits per heavy atom. The predicted molar refractivity (Wildman–Crippen MR) is 59.1 cm³/mol. The highest BCUT2D eigenvalue weighted by Gasteiger charge is 2.28. The molecule has 0 aliphatic heterocycles. The third-order valence-corrected chi connectivity index (χ3v) is 1.93. The van der Waals surface area contributed by atoms with E-state index in [1.807, 2.05) is 0 Å². The summed E-state index contributed by atoms with van der Waals surface area (Å²) in [5.74, 6) is -0.148. The van der Waals surface area contributed by atoms with Gasteiger partial charge in [-0.15, -0.1) is 0 Å². The Kier molecular flexibility index (Phi) is 3.84. The molecule has 0 amide bonds. The van der Waals surface area contributed by atoms with E-state index in [0.29, 0.717) is 0 Å². The third-order valence-electron chi connectivity index (χ3n) is 1.93. The van der Waals surface area contributed by atoms with Crippen LogP contribution in [0.3, 0.4) is 0 Å². The Balaban J connectivity index is 5.48. The van der Waals surface area contributed by atoms with Crippen LogP contribution in [0.5, 0.6) is 0 Å². The van der Waals surface area contributed by atoms with Crippen molar-refractivity contribution in [1.29, 1.82) is 0 Å². The van der Waals surface area contributed by atoms with Gasteiger partial charge in [-0.3, -0.25) is 0 Å². The molecule has 0 aromatic heterocycles. The molecule has 0 aliphatic carbocycles. The largest absolute Gasteiger partial charge is 0.475 e. The second kappa shape index (κ2) is 4.10. The maximum Gasteiger partial charge on any atom is 0.324 e. The average molecular weight is 198 g/mol. The highest BCUT2D eigenvalue weighted by molar-refractivity contribution is 5.17. The van der Waals surface area contributed by atoms with Crippen LogP contribution in [0, 0.1) is 10.8 Å². The summed E-state index contributed by atoms with van der Waals surface area (Å²) in [7, 11) is 1.44. The van der Waals surface area contributed by atoms with Gasteiger partial charge in [0.05, 0.1) is 7.11 Å². The summed E-state index contributed by atoms with van der Waals surface area (Å²) in [6.45, 7) is 12.6. The maximum atomic E-state index is 9.32. The molecule has 0 saturated heterocycles. The van der Waals surface area contributed by atoms with E-state index in [1.165, 1.54) is 7.11 Å². The van der Waals surface area contributed by atoms with Crippen LogP contribution in [0.2, 0.25) is 0 Å². The molecule has 0 atom stereocenters. The van der Waals surface area contributed by atoms with Crippen molar-refractivity contribution in [3.63, 3.8) is 0 Å². The van der Waals surface area contributed by atoms with E-state index in [4.69, 9.17) is 4.74 Å². The first-order chi connectivity index (χ1) is 6.09. The summed E-state index contributed by atoms with van der Waals surface area (Å²) < 4.78 is 4.71. The highest BCUT2D eigenvalue weighted by Crippen LogP contribution is 2.38. The molecule has 0 aromatic carbocycles. The molecule has 0 heterocycles. The van der Waals surface area contributed by atoms with E-state index < -0.39 is 0 Å².